The number of carbonyl (C=O) groups excluding carboxylic acids is 2. The number of alkyl halides is 1. The molecule has 4 atom stereocenters. The second-order valence-electron chi connectivity index (χ2n) is 3.86. The van der Waals surface area contributed by atoms with Crippen molar-refractivity contribution in [2.24, 2.45) is 0 Å². The van der Waals surface area contributed by atoms with Crippen LogP contribution in [0.5, 0.6) is 0 Å². The quantitative estimate of drug-likeness (QED) is 0.714. The number of aliphatic hydroxyl groups excluding tert-OH is 1. The first-order valence-electron chi connectivity index (χ1n) is 4.85. The molecule has 91 valence electrons. The molecule has 1 saturated heterocycles. The minimum absolute atomic E-state index is 0.317. The first-order chi connectivity index (χ1) is 7.31. The van der Waals surface area contributed by atoms with Crippen LogP contribution in [0, 0.1) is 6.61 Å². The van der Waals surface area contributed by atoms with E-state index in [4.69, 9.17) is 4.74 Å². The number of ether oxygens (including phenoxy) is 1. The zero-order valence-electron chi connectivity index (χ0n) is 9.01. The van der Waals surface area contributed by atoms with Gasteiger partial charge in [0.2, 0.25) is 0 Å². The molecule has 6 heteroatoms. The molecule has 0 aromatic heterocycles. The molecule has 1 aliphatic rings. The average molecular weight is 294 g/mol. The zero-order valence-corrected chi connectivity index (χ0v) is 10.6. The minimum atomic E-state index is -1.89. The van der Waals surface area contributed by atoms with E-state index in [1.807, 2.05) is 0 Å². The highest BCUT2D eigenvalue weighted by Crippen LogP contribution is 2.35. The van der Waals surface area contributed by atoms with Crippen LogP contribution in [0.3, 0.4) is 0 Å². The van der Waals surface area contributed by atoms with Crippen molar-refractivity contribution in [2.45, 2.75) is 42.9 Å². The maximum atomic E-state index is 11.5. The summed E-state index contributed by atoms with van der Waals surface area (Å²) in [4.78, 5) is 22.0. The summed E-state index contributed by atoms with van der Waals surface area (Å²) in [6.07, 6.45) is -2.47. The third kappa shape index (κ3) is 2.20. The van der Waals surface area contributed by atoms with E-state index in [2.05, 4.69) is 15.9 Å². The summed E-state index contributed by atoms with van der Waals surface area (Å²) >= 11 is 3.16. The Labute approximate surface area is 102 Å². The Kier molecular flexibility index (Phi) is 4.23. The van der Waals surface area contributed by atoms with Crippen molar-refractivity contribution in [3.8, 4) is 0 Å². The summed E-state index contributed by atoms with van der Waals surface area (Å²) in [7, 11) is 0. The summed E-state index contributed by atoms with van der Waals surface area (Å²) in [6, 6.07) is 0. The predicted octanol–water partition coefficient (Wildman–Crippen LogP) is -0.0294. The number of carbonyl (C=O) groups is 2. The molecule has 1 radical (unpaired) electrons. The van der Waals surface area contributed by atoms with E-state index in [-0.39, 0.29) is 0 Å². The van der Waals surface area contributed by atoms with Crippen molar-refractivity contribution < 1.29 is 24.5 Å². The topological polar surface area (TPSA) is 83.8 Å². The predicted molar refractivity (Wildman–Crippen MR) is 58.8 cm³/mol. The summed E-state index contributed by atoms with van der Waals surface area (Å²) in [5.74, 6) is -1.10. The van der Waals surface area contributed by atoms with E-state index in [9.17, 15) is 19.8 Å². The normalized spacial score (nSPS) is 36.8. The van der Waals surface area contributed by atoms with Gasteiger partial charge in [0.05, 0.1) is 11.4 Å². The molecular weight excluding hydrogens is 280 g/mol. The van der Waals surface area contributed by atoms with Gasteiger partial charge in [0.1, 0.15) is 12.2 Å². The number of hydrogen-bond acceptors (Lipinski definition) is 5. The molecule has 16 heavy (non-hydrogen) atoms. The lowest BCUT2D eigenvalue weighted by Gasteiger charge is -2.42. The van der Waals surface area contributed by atoms with Gasteiger partial charge < -0.3 is 14.9 Å². The summed E-state index contributed by atoms with van der Waals surface area (Å²) in [6.45, 7) is 3.74. The number of aliphatic hydroxyl groups is 2. The molecular formula is C10H14BrO5. The Morgan fingerprint density at radius 2 is 2.12 bits per heavy atom. The van der Waals surface area contributed by atoms with E-state index in [1.54, 1.807) is 0 Å². The Balaban J connectivity index is 3.04. The first-order valence-corrected chi connectivity index (χ1v) is 5.76. The molecule has 0 aliphatic carbocycles. The molecule has 0 amide bonds. The molecule has 1 unspecified atom stereocenters. The maximum Gasteiger partial charge on any atom is 0.165 e. The Bertz CT molecular complexity index is 306. The number of rotatable bonds is 3. The van der Waals surface area contributed by atoms with Gasteiger partial charge in [-0.2, -0.15) is 0 Å². The van der Waals surface area contributed by atoms with Gasteiger partial charge in [0.15, 0.2) is 17.2 Å². The van der Waals surface area contributed by atoms with Gasteiger partial charge in [-0.15, -0.1) is 0 Å². The SMILES string of the molecule is CC(=O)C(O)[C@H]1O[CH]C[C@@H](Br)[C@@]1(O)C(C)=O. The van der Waals surface area contributed by atoms with E-state index in [0.29, 0.717) is 6.42 Å². The lowest BCUT2D eigenvalue weighted by atomic mass is 9.82. The molecule has 1 fully saturated rings. The maximum absolute atomic E-state index is 11.5. The van der Waals surface area contributed by atoms with Crippen molar-refractivity contribution in [3.63, 3.8) is 0 Å². The van der Waals surface area contributed by atoms with Crippen LogP contribution < -0.4 is 0 Å². The Hall–Kier alpha value is -0.300. The second kappa shape index (κ2) is 4.91. The molecule has 2 N–H and O–H groups in total. The molecule has 1 aliphatic heterocycles. The van der Waals surface area contributed by atoms with Crippen LogP contribution in [-0.2, 0) is 14.3 Å². The zero-order chi connectivity index (χ0) is 12.5. The molecule has 1 heterocycles. The van der Waals surface area contributed by atoms with Crippen LogP contribution in [-0.4, -0.2) is 44.4 Å². The fraction of sp³-hybridized carbons (Fsp3) is 0.700. The standard InChI is InChI=1S/C10H14BrO5/c1-5(12)8(14)9-10(15,6(2)13)7(11)3-4-16-9/h4,7-9,14-15H,3H2,1-2H3/t7-,8?,9-,10+/m1/s1. The first kappa shape index (κ1) is 13.8. The van der Waals surface area contributed by atoms with Crippen LogP contribution >= 0.6 is 15.9 Å². The fourth-order valence-corrected chi connectivity index (χ4v) is 2.39. The highest BCUT2D eigenvalue weighted by Gasteiger charge is 2.54. The number of hydrogen-bond donors (Lipinski definition) is 2. The van der Waals surface area contributed by atoms with Gasteiger partial charge in [-0.3, -0.25) is 9.59 Å². The smallest absolute Gasteiger partial charge is 0.165 e. The second-order valence-corrected chi connectivity index (χ2v) is 4.97. The number of halogens is 1. The number of Topliss-reactive ketones (excluding diaryl/α,β-unsaturated/α-hetero) is 2. The van der Waals surface area contributed by atoms with Crippen LogP contribution in [0.1, 0.15) is 20.3 Å². The highest BCUT2D eigenvalue weighted by molar-refractivity contribution is 9.09. The molecule has 0 aromatic carbocycles. The van der Waals surface area contributed by atoms with Gasteiger partial charge >= 0.3 is 0 Å². The number of ketones is 2. The van der Waals surface area contributed by atoms with E-state index >= 15 is 0 Å². The Morgan fingerprint density at radius 3 is 2.56 bits per heavy atom. The van der Waals surface area contributed by atoms with Crippen molar-refractivity contribution >= 4 is 27.5 Å². The highest BCUT2D eigenvalue weighted by atomic mass is 79.9. The molecule has 5 nitrogen and oxygen atoms in total. The van der Waals surface area contributed by atoms with Crippen molar-refractivity contribution in [3.05, 3.63) is 6.61 Å². The molecule has 1 rings (SSSR count). The Morgan fingerprint density at radius 1 is 1.56 bits per heavy atom. The molecule has 0 bridgehead atoms. The largest absolute Gasteiger partial charge is 0.382 e. The molecule has 0 spiro atoms. The van der Waals surface area contributed by atoms with Crippen molar-refractivity contribution in [2.75, 3.05) is 0 Å². The average Bonchev–Trinajstić information content (AvgIpc) is 2.20. The van der Waals surface area contributed by atoms with E-state index in [1.165, 1.54) is 20.5 Å². The summed E-state index contributed by atoms with van der Waals surface area (Å²) in [5, 5.41) is 19.9. The third-order valence-corrected chi connectivity index (χ3v) is 3.80. The molecule has 0 saturated carbocycles. The van der Waals surface area contributed by atoms with Gasteiger partial charge in [-0.1, -0.05) is 15.9 Å². The minimum Gasteiger partial charge on any atom is -0.382 e. The summed E-state index contributed by atoms with van der Waals surface area (Å²) in [5.41, 5.74) is -1.89. The van der Waals surface area contributed by atoms with Crippen LogP contribution in [0.25, 0.3) is 0 Å². The van der Waals surface area contributed by atoms with Gasteiger partial charge in [-0.25, -0.2) is 0 Å². The third-order valence-electron chi connectivity index (χ3n) is 2.72. The van der Waals surface area contributed by atoms with Gasteiger partial charge in [0.25, 0.3) is 0 Å². The van der Waals surface area contributed by atoms with Gasteiger partial charge in [0, 0.05) is 0 Å². The lowest BCUT2D eigenvalue weighted by Crippen LogP contribution is -2.63. The fourth-order valence-electron chi connectivity index (χ4n) is 1.65. The monoisotopic (exact) mass is 293 g/mol. The van der Waals surface area contributed by atoms with Crippen LogP contribution in [0.2, 0.25) is 0 Å². The van der Waals surface area contributed by atoms with Crippen molar-refractivity contribution in [1.82, 2.24) is 0 Å². The van der Waals surface area contributed by atoms with Crippen LogP contribution in [0.4, 0.5) is 0 Å². The molecule has 0 aromatic rings. The van der Waals surface area contributed by atoms with E-state index in [0.717, 1.165) is 0 Å². The summed E-state index contributed by atoms with van der Waals surface area (Å²) < 4.78 is 5.05. The van der Waals surface area contributed by atoms with Crippen LogP contribution in [0.15, 0.2) is 0 Å². The van der Waals surface area contributed by atoms with Gasteiger partial charge in [-0.05, 0) is 20.3 Å². The lowest BCUT2D eigenvalue weighted by molar-refractivity contribution is -0.177. The van der Waals surface area contributed by atoms with Crippen molar-refractivity contribution in [1.29, 1.82) is 0 Å². The van der Waals surface area contributed by atoms with E-state index < -0.39 is 34.2 Å².